The van der Waals surface area contributed by atoms with Crippen LogP contribution >= 0.6 is 0 Å². The molecule has 2 aliphatic rings. The van der Waals surface area contributed by atoms with E-state index in [0.29, 0.717) is 29.2 Å². The maximum absolute atomic E-state index is 13.1. The monoisotopic (exact) mass is 405 g/mol. The Morgan fingerprint density at radius 2 is 1.97 bits per heavy atom. The van der Waals surface area contributed by atoms with Crippen molar-refractivity contribution in [3.63, 3.8) is 0 Å². The van der Waals surface area contributed by atoms with Crippen LogP contribution in [0.5, 0.6) is 5.75 Å². The number of imidazole rings is 1. The molecule has 0 aliphatic carbocycles. The fourth-order valence-electron chi connectivity index (χ4n) is 4.24. The Labute approximate surface area is 171 Å². The van der Waals surface area contributed by atoms with Gasteiger partial charge in [0.05, 0.1) is 24.7 Å². The van der Waals surface area contributed by atoms with Gasteiger partial charge in [-0.3, -0.25) is 14.9 Å². The number of hydrogen-bond donors (Lipinski definition) is 2. The first kappa shape index (κ1) is 18.2. The van der Waals surface area contributed by atoms with E-state index in [9.17, 15) is 14.4 Å². The van der Waals surface area contributed by atoms with E-state index in [1.165, 1.54) is 7.11 Å². The third-order valence-corrected chi connectivity index (χ3v) is 5.73. The molecule has 0 spiro atoms. The molecule has 1 atom stereocenters. The number of carbonyl (C=O) groups is 3. The van der Waals surface area contributed by atoms with Crippen molar-refractivity contribution in [1.82, 2.24) is 25.1 Å². The molecule has 0 bridgehead atoms. The molecular formula is C21H19N5O4. The largest absolute Gasteiger partial charge is 0.497 e. The van der Waals surface area contributed by atoms with Gasteiger partial charge in [0, 0.05) is 19.2 Å². The van der Waals surface area contributed by atoms with Crippen LogP contribution in [0.15, 0.2) is 42.5 Å². The molecule has 0 radical (unpaired) electrons. The molecule has 0 unspecified atom stereocenters. The molecule has 5 rings (SSSR count). The normalized spacial score (nSPS) is 20.5. The number of fused-ring (bicyclic) bond motifs is 2. The number of hydrogen-bond acceptors (Lipinski definition) is 5. The smallest absolute Gasteiger partial charge is 0.322 e. The molecule has 1 saturated heterocycles. The van der Waals surface area contributed by atoms with Gasteiger partial charge in [-0.05, 0) is 29.8 Å². The summed E-state index contributed by atoms with van der Waals surface area (Å²) in [4.78, 5) is 44.4. The lowest BCUT2D eigenvalue weighted by Gasteiger charge is -2.30. The van der Waals surface area contributed by atoms with Crippen molar-refractivity contribution in [2.75, 3.05) is 13.7 Å². The summed E-state index contributed by atoms with van der Waals surface area (Å²) in [7, 11) is 3.33. The van der Waals surface area contributed by atoms with Gasteiger partial charge in [-0.15, -0.1) is 0 Å². The van der Waals surface area contributed by atoms with Crippen LogP contribution in [0, 0.1) is 0 Å². The van der Waals surface area contributed by atoms with Crippen LogP contribution in [0.3, 0.4) is 0 Å². The third kappa shape index (κ3) is 2.48. The Hall–Kier alpha value is -3.88. The zero-order valence-electron chi connectivity index (χ0n) is 16.4. The van der Waals surface area contributed by atoms with Gasteiger partial charge in [-0.2, -0.15) is 0 Å². The third-order valence-electron chi connectivity index (χ3n) is 5.73. The standard InChI is InChI=1S/C21H19N5O4/c1-25-16-6-4-3-5-15(16)22-18(25)21(19(28)23-20(29)24-21)11-26-10-12-7-8-13(30-2)9-14(12)17(26)27/h3-9H,10-11H2,1-2H3,(H2,23,24,28,29)/t21-/m0/s1. The van der Waals surface area contributed by atoms with E-state index in [0.717, 1.165) is 11.1 Å². The van der Waals surface area contributed by atoms with Crippen molar-refractivity contribution in [3.8, 4) is 5.75 Å². The molecule has 1 fully saturated rings. The summed E-state index contributed by atoms with van der Waals surface area (Å²) in [5.41, 5.74) is 1.39. The highest BCUT2D eigenvalue weighted by Crippen LogP contribution is 2.33. The second-order valence-corrected chi connectivity index (χ2v) is 7.48. The minimum absolute atomic E-state index is 0.0441. The van der Waals surface area contributed by atoms with Crippen LogP contribution in [0.2, 0.25) is 0 Å². The summed E-state index contributed by atoms with van der Waals surface area (Å²) < 4.78 is 7.00. The zero-order chi connectivity index (χ0) is 21.0. The Balaban J connectivity index is 1.58. The van der Waals surface area contributed by atoms with Gasteiger partial charge in [0.2, 0.25) is 0 Å². The lowest BCUT2D eigenvalue weighted by molar-refractivity contribution is -0.125. The number of imide groups is 1. The highest BCUT2D eigenvalue weighted by Gasteiger charge is 2.53. The highest BCUT2D eigenvalue weighted by molar-refractivity contribution is 6.08. The van der Waals surface area contributed by atoms with Crippen molar-refractivity contribution in [3.05, 3.63) is 59.4 Å². The molecule has 3 heterocycles. The zero-order valence-corrected chi connectivity index (χ0v) is 16.4. The Morgan fingerprint density at radius 1 is 1.17 bits per heavy atom. The number of carbonyl (C=O) groups excluding carboxylic acids is 3. The van der Waals surface area contributed by atoms with Crippen molar-refractivity contribution in [2.45, 2.75) is 12.1 Å². The fourth-order valence-corrected chi connectivity index (χ4v) is 4.24. The van der Waals surface area contributed by atoms with Gasteiger partial charge in [-0.1, -0.05) is 18.2 Å². The highest BCUT2D eigenvalue weighted by atomic mass is 16.5. The molecule has 9 nitrogen and oxygen atoms in total. The summed E-state index contributed by atoms with van der Waals surface area (Å²) in [6, 6.07) is 12.2. The summed E-state index contributed by atoms with van der Waals surface area (Å²) in [6.45, 7) is 0.282. The number of nitrogens with zero attached hydrogens (tertiary/aromatic N) is 3. The number of ether oxygens (including phenoxy) is 1. The number of nitrogens with one attached hydrogen (secondary N) is 2. The predicted octanol–water partition coefficient (Wildman–Crippen LogP) is 1.27. The number of rotatable bonds is 4. The van der Waals surface area contributed by atoms with E-state index in [2.05, 4.69) is 15.6 Å². The molecule has 9 heteroatoms. The minimum Gasteiger partial charge on any atom is -0.497 e. The predicted molar refractivity (Wildman–Crippen MR) is 107 cm³/mol. The SMILES string of the molecule is COc1ccc2c(c1)C(=O)N(C[C@@]1(c3nc4ccccc4n3C)NC(=O)NC1=O)C2. The Kier molecular flexibility index (Phi) is 3.82. The first-order chi connectivity index (χ1) is 14.4. The van der Waals surface area contributed by atoms with Crippen LogP contribution in [-0.2, 0) is 23.9 Å². The van der Waals surface area contributed by atoms with E-state index in [1.807, 2.05) is 30.3 Å². The van der Waals surface area contributed by atoms with Crippen LogP contribution in [0.25, 0.3) is 11.0 Å². The fraction of sp³-hybridized carbons (Fsp3) is 0.238. The van der Waals surface area contributed by atoms with E-state index in [-0.39, 0.29) is 12.5 Å². The molecular weight excluding hydrogens is 386 g/mol. The molecule has 3 aromatic rings. The molecule has 152 valence electrons. The van der Waals surface area contributed by atoms with Gasteiger partial charge in [-0.25, -0.2) is 9.78 Å². The number of urea groups is 1. The van der Waals surface area contributed by atoms with E-state index < -0.39 is 17.5 Å². The Bertz CT molecular complexity index is 1230. The molecule has 2 aromatic carbocycles. The van der Waals surface area contributed by atoms with Gasteiger partial charge < -0.3 is 19.5 Å². The van der Waals surface area contributed by atoms with E-state index in [4.69, 9.17) is 4.74 Å². The molecule has 30 heavy (non-hydrogen) atoms. The average Bonchev–Trinajstić information content (AvgIpc) is 3.34. The van der Waals surface area contributed by atoms with E-state index in [1.54, 1.807) is 28.6 Å². The number of para-hydroxylation sites is 2. The van der Waals surface area contributed by atoms with Gasteiger partial charge in [0.15, 0.2) is 5.54 Å². The topological polar surface area (TPSA) is 106 Å². The van der Waals surface area contributed by atoms with Gasteiger partial charge in [0.1, 0.15) is 11.6 Å². The second-order valence-electron chi connectivity index (χ2n) is 7.48. The lowest BCUT2D eigenvalue weighted by atomic mass is 9.97. The number of benzene rings is 2. The number of amides is 4. The lowest BCUT2D eigenvalue weighted by Crippen LogP contribution is -2.54. The van der Waals surface area contributed by atoms with E-state index >= 15 is 0 Å². The summed E-state index contributed by atoms with van der Waals surface area (Å²) in [5.74, 6) is 0.192. The molecule has 2 aliphatic heterocycles. The maximum atomic E-state index is 13.1. The number of aromatic nitrogens is 2. The van der Waals surface area contributed by atoms with Crippen LogP contribution in [-0.4, -0.2) is 46.0 Å². The first-order valence-electron chi connectivity index (χ1n) is 9.44. The Morgan fingerprint density at radius 3 is 2.67 bits per heavy atom. The average molecular weight is 405 g/mol. The molecule has 0 saturated carbocycles. The minimum atomic E-state index is -1.49. The second kappa shape index (κ2) is 6.31. The van der Waals surface area contributed by atoms with Crippen molar-refractivity contribution < 1.29 is 19.1 Å². The van der Waals surface area contributed by atoms with Crippen molar-refractivity contribution in [2.24, 2.45) is 7.05 Å². The molecule has 2 N–H and O–H groups in total. The number of aryl methyl sites for hydroxylation is 1. The van der Waals surface area contributed by atoms with Gasteiger partial charge >= 0.3 is 6.03 Å². The van der Waals surface area contributed by atoms with Gasteiger partial charge in [0.25, 0.3) is 11.8 Å². The summed E-state index contributed by atoms with van der Waals surface area (Å²) in [5, 5.41) is 5.04. The van der Waals surface area contributed by atoms with Crippen molar-refractivity contribution in [1.29, 1.82) is 0 Å². The maximum Gasteiger partial charge on any atom is 0.322 e. The van der Waals surface area contributed by atoms with Crippen molar-refractivity contribution >= 4 is 28.9 Å². The van der Waals surface area contributed by atoms with Crippen LogP contribution in [0.4, 0.5) is 4.79 Å². The first-order valence-corrected chi connectivity index (χ1v) is 9.44. The molecule has 4 amide bonds. The summed E-state index contributed by atoms with van der Waals surface area (Å²) in [6.07, 6.45) is 0. The summed E-state index contributed by atoms with van der Waals surface area (Å²) >= 11 is 0. The quantitative estimate of drug-likeness (QED) is 0.636. The van der Waals surface area contributed by atoms with Crippen LogP contribution < -0.4 is 15.4 Å². The van der Waals surface area contributed by atoms with Crippen LogP contribution in [0.1, 0.15) is 21.7 Å². The molecule has 1 aromatic heterocycles. The number of methoxy groups -OCH3 is 1.